The molecule has 1 aromatic heterocycles. The van der Waals surface area contributed by atoms with Gasteiger partial charge in [0.1, 0.15) is 11.6 Å². The fraction of sp³-hybridized carbons (Fsp3) is 0.667. The summed E-state index contributed by atoms with van der Waals surface area (Å²) in [5.41, 5.74) is 5.96. The number of anilines is 3. The Hall–Kier alpha value is -1.52. The van der Waals surface area contributed by atoms with Gasteiger partial charge in [0.2, 0.25) is 5.95 Å². The summed E-state index contributed by atoms with van der Waals surface area (Å²) in [5, 5.41) is 6.39. The van der Waals surface area contributed by atoms with Crippen LogP contribution < -0.4 is 16.4 Å². The zero-order valence-electron chi connectivity index (χ0n) is 11.2. The first-order chi connectivity index (χ1) is 7.90. The van der Waals surface area contributed by atoms with E-state index in [2.05, 4.69) is 41.4 Å². The predicted molar refractivity (Wildman–Crippen MR) is 73.2 cm³/mol. The van der Waals surface area contributed by atoms with Crippen LogP contribution in [0.3, 0.4) is 0 Å². The summed E-state index contributed by atoms with van der Waals surface area (Å²) in [6, 6.07) is 1.88. The van der Waals surface area contributed by atoms with Gasteiger partial charge in [0.05, 0.1) is 0 Å². The molecule has 0 aliphatic heterocycles. The Kier molecular flexibility index (Phi) is 4.54. The van der Waals surface area contributed by atoms with Crippen molar-refractivity contribution in [3.8, 4) is 0 Å². The third-order valence-electron chi connectivity index (χ3n) is 2.28. The number of hydrogen-bond acceptors (Lipinski definition) is 5. The highest BCUT2D eigenvalue weighted by Gasteiger charge is 2.09. The first-order valence-electron chi connectivity index (χ1n) is 6.03. The standard InChI is InChI=1S/C12H23N5/c1-5-14-9-8-10(17-11(13)16-9)15-7-6-12(2,3)4/h8H,5-7H2,1-4H3,(H4,13,14,15,16,17). The van der Waals surface area contributed by atoms with Crippen molar-refractivity contribution in [3.05, 3.63) is 6.07 Å². The Morgan fingerprint density at radius 1 is 1.18 bits per heavy atom. The van der Waals surface area contributed by atoms with Crippen molar-refractivity contribution in [2.24, 2.45) is 5.41 Å². The van der Waals surface area contributed by atoms with Crippen molar-refractivity contribution in [1.29, 1.82) is 0 Å². The topological polar surface area (TPSA) is 75.9 Å². The molecule has 0 unspecified atom stereocenters. The molecule has 0 aromatic carbocycles. The Balaban J connectivity index is 2.58. The van der Waals surface area contributed by atoms with Crippen molar-refractivity contribution in [2.45, 2.75) is 34.1 Å². The maximum absolute atomic E-state index is 5.64. The van der Waals surface area contributed by atoms with Crippen molar-refractivity contribution in [3.63, 3.8) is 0 Å². The van der Waals surface area contributed by atoms with E-state index in [0.717, 1.165) is 31.1 Å². The van der Waals surface area contributed by atoms with Crippen LogP contribution >= 0.6 is 0 Å². The van der Waals surface area contributed by atoms with Gasteiger partial charge in [-0.15, -0.1) is 0 Å². The summed E-state index contributed by atoms with van der Waals surface area (Å²) in [6.45, 7) is 10.4. The van der Waals surface area contributed by atoms with Crippen molar-refractivity contribution in [1.82, 2.24) is 9.97 Å². The van der Waals surface area contributed by atoms with Crippen molar-refractivity contribution in [2.75, 3.05) is 29.5 Å². The summed E-state index contributed by atoms with van der Waals surface area (Å²) in [5.74, 6) is 1.83. The highest BCUT2D eigenvalue weighted by Crippen LogP contribution is 2.19. The average molecular weight is 237 g/mol. The second kappa shape index (κ2) is 5.70. The third-order valence-corrected chi connectivity index (χ3v) is 2.28. The molecule has 0 amide bonds. The van der Waals surface area contributed by atoms with Crippen LogP contribution in [0.4, 0.5) is 17.6 Å². The molecular weight excluding hydrogens is 214 g/mol. The Morgan fingerprint density at radius 3 is 2.29 bits per heavy atom. The lowest BCUT2D eigenvalue weighted by Gasteiger charge is -2.18. The van der Waals surface area contributed by atoms with Gasteiger partial charge in [0.25, 0.3) is 0 Å². The number of aromatic nitrogens is 2. The monoisotopic (exact) mass is 237 g/mol. The van der Waals surface area contributed by atoms with E-state index in [0.29, 0.717) is 11.4 Å². The molecule has 0 fully saturated rings. The Morgan fingerprint density at radius 2 is 1.76 bits per heavy atom. The molecule has 17 heavy (non-hydrogen) atoms. The van der Waals surface area contributed by atoms with Gasteiger partial charge < -0.3 is 16.4 Å². The number of rotatable bonds is 5. The van der Waals surface area contributed by atoms with E-state index in [-0.39, 0.29) is 0 Å². The second-order valence-corrected chi connectivity index (χ2v) is 5.26. The molecule has 0 radical (unpaired) electrons. The molecule has 1 rings (SSSR count). The highest BCUT2D eigenvalue weighted by atomic mass is 15.1. The molecule has 0 saturated carbocycles. The van der Waals surface area contributed by atoms with Crippen LogP contribution in [-0.2, 0) is 0 Å². The molecular formula is C12H23N5. The molecule has 96 valence electrons. The minimum absolute atomic E-state index is 0.293. The van der Waals surface area contributed by atoms with E-state index in [1.807, 2.05) is 13.0 Å². The summed E-state index contributed by atoms with van der Waals surface area (Å²) < 4.78 is 0. The Bertz CT molecular complexity index is 356. The molecule has 0 saturated heterocycles. The lowest BCUT2D eigenvalue weighted by molar-refractivity contribution is 0.389. The molecule has 5 nitrogen and oxygen atoms in total. The molecule has 0 aliphatic rings. The fourth-order valence-corrected chi connectivity index (χ4v) is 1.39. The van der Waals surface area contributed by atoms with Gasteiger partial charge in [-0.25, -0.2) is 0 Å². The van der Waals surface area contributed by atoms with Crippen molar-refractivity contribution >= 4 is 17.6 Å². The zero-order chi connectivity index (χ0) is 12.9. The van der Waals surface area contributed by atoms with E-state index in [9.17, 15) is 0 Å². The van der Waals surface area contributed by atoms with Gasteiger partial charge in [-0.1, -0.05) is 20.8 Å². The molecule has 5 heteroatoms. The van der Waals surface area contributed by atoms with E-state index < -0.39 is 0 Å². The first-order valence-corrected chi connectivity index (χ1v) is 6.03. The molecule has 0 spiro atoms. The van der Waals surface area contributed by atoms with Gasteiger partial charge in [0.15, 0.2) is 0 Å². The number of nitrogens with zero attached hydrogens (tertiary/aromatic N) is 2. The normalized spacial score (nSPS) is 11.3. The predicted octanol–water partition coefficient (Wildman–Crippen LogP) is 2.34. The van der Waals surface area contributed by atoms with Crippen LogP contribution in [0, 0.1) is 5.41 Å². The number of nitrogen functional groups attached to an aromatic ring is 1. The van der Waals surface area contributed by atoms with E-state index in [1.165, 1.54) is 0 Å². The van der Waals surface area contributed by atoms with Crippen LogP contribution in [0.2, 0.25) is 0 Å². The summed E-state index contributed by atoms with van der Waals surface area (Å²) in [4.78, 5) is 8.25. The summed E-state index contributed by atoms with van der Waals surface area (Å²) in [6.07, 6.45) is 1.08. The van der Waals surface area contributed by atoms with Gasteiger partial charge in [-0.05, 0) is 18.8 Å². The molecule has 1 heterocycles. The van der Waals surface area contributed by atoms with Gasteiger partial charge >= 0.3 is 0 Å². The summed E-state index contributed by atoms with van der Waals surface area (Å²) >= 11 is 0. The van der Waals surface area contributed by atoms with Crippen LogP contribution in [-0.4, -0.2) is 23.1 Å². The average Bonchev–Trinajstić information content (AvgIpc) is 2.15. The summed E-state index contributed by atoms with van der Waals surface area (Å²) in [7, 11) is 0. The van der Waals surface area contributed by atoms with Crippen molar-refractivity contribution < 1.29 is 0 Å². The van der Waals surface area contributed by atoms with E-state index in [1.54, 1.807) is 0 Å². The SMILES string of the molecule is CCNc1cc(NCCC(C)(C)C)nc(N)n1. The largest absolute Gasteiger partial charge is 0.370 e. The van der Waals surface area contributed by atoms with Gasteiger partial charge in [-0.2, -0.15) is 9.97 Å². The number of nitrogens with one attached hydrogen (secondary N) is 2. The maximum Gasteiger partial charge on any atom is 0.223 e. The zero-order valence-corrected chi connectivity index (χ0v) is 11.2. The van der Waals surface area contributed by atoms with Crippen LogP contribution in [0.15, 0.2) is 6.07 Å². The highest BCUT2D eigenvalue weighted by molar-refractivity contribution is 5.50. The maximum atomic E-state index is 5.64. The molecule has 0 bridgehead atoms. The lowest BCUT2D eigenvalue weighted by Crippen LogP contribution is -2.14. The fourth-order valence-electron chi connectivity index (χ4n) is 1.39. The van der Waals surface area contributed by atoms with Crippen LogP contribution in [0.25, 0.3) is 0 Å². The quantitative estimate of drug-likeness (QED) is 0.733. The smallest absolute Gasteiger partial charge is 0.223 e. The van der Waals surface area contributed by atoms with Gasteiger partial charge in [0, 0.05) is 19.2 Å². The molecule has 4 N–H and O–H groups in total. The van der Waals surface area contributed by atoms with Crippen LogP contribution in [0.1, 0.15) is 34.1 Å². The number of nitrogens with two attached hydrogens (primary N) is 1. The second-order valence-electron chi connectivity index (χ2n) is 5.26. The van der Waals surface area contributed by atoms with E-state index >= 15 is 0 Å². The van der Waals surface area contributed by atoms with E-state index in [4.69, 9.17) is 5.73 Å². The minimum atomic E-state index is 0.293. The minimum Gasteiger partial charge on any atom is -0.370 e. The molecule has 1 aromatic rings. The first kappa shape index (κ1) is 13.5. The molecule has 0 atom stereocenters. The lowest BCUT2D eigenvalue weighted by atomic mass is 9.92. The third kappa shape index (κ3) is 5.38. The Labute approximate surface area is 103 Å². The van der Waals surface area contributed by atoms with Gasteiger partial charge in [-0.3, -0.25) is 0 Å². The molecule has 0 aliphatic carbocycles. The van der Waals surface area contributed by atoms with Crippen LogP contribution in [0.5, 0.6) is 0 Å². The number of hydrogen-bond donors (Lipinski definition) is 3.